The Kier molecular flexibility index (Phi) is 6.41. The Hall–Kier alpha value is -2.73. The Labute approximate surface area is 167 Å². The molecule has 2 aromatic carbocycles. The van der Waals surface area contributed by atoms with Crippen molar-refractivity contribution in [2.75, 3.05) is 41.4 Å². The highest BCUT2D eigenvalue weighted by atomic mass is 16.5. The van der Waals surface area contributed by atoms with Crippen molar-refractivity contribution in [1.82, 2.24) is 15.1 Å². The topological polar surface area (TPSA) is 54.0 Å². The number of ether oxygens (including phenoxy) is 2. The van der Waals surface area contributed by atoms with Crippen LogP contribution >= 0.6 is 0 Å². The van der Waals surface area contributed by atoms with E-state index in [1.54, 1.807) is 14.2 Å². The molecule has 6 nitrogen and oxygen atoms in total. The predicted molar refractivity (Wildman–Crippen MR) is 110 cm³/mol. The van der Waals surface area contributed by atoms with E-state index in [9.17, 15) is 4.79 Å². The summed E-state index contributed by atoms with van der Waals surface area (Å²) >= 11 is 0. The molecule has 1 aliphatic rings. The van der Waals surface area contributed by atoms with E-state index in [2.05, 4.69) is 22.3 Å². The standard InChI is InChI=1S/C22H29N3O3/c1-24(2)19(16-8-6-5-7-9-16)14-23-22(26)25-11-10-17-12-20(27-3)21(28-4)13-18(17)15-25/h5-9,12-13,19H,10-11,14-15H2,1-4H3,(H,23,26)/t19-/m0/s1. The summed E-state index contributed by atoms with van der Waals surface area (Å²) in [5.74, 6) is 1.43. The molecule has 2 amide bonds. The number of benzene rings is 2. The number of carbonyl (C=O) groups is 1. The first-order valence-electron chi connectivity index (χ1n) is 9.51. The van der Waals surface area contributed by atoms with Crippen molar-refractivity contribution in [3.05, 3.63) is 59.2 Å². The zero-order valence-electron chi connectivity index (χ0n) is 17.1. The maximum absolute atomic E-state index is 12.8. The second-order valence-corrected chi connectivity index (χ2v) is 7.22. The Morgan fingerprint density at radius 1 is 1.11 bits per heavy atom. The molecule has 0 saturated carbocycles. The average molecular weight is 383 g/mol. The number of likely N-dealkylation sites (N-methyl/N-ethyl adjacent to an activating group) is 1. The number of fused-ring (bicyclic) bond motifs is 1. The number of amides is 2. The van der Waals surface area contributed by atoms with Crippen molar-refractivity contribution in [1.29, 1.82) is 0 Å². The molecular weight excluding hydrogens is 354 g/mol. The summed E-state index contributed by atoms with van der Waals surface area (Å²) < 4.78 is 10.8. The van der Waals surface area contributed by atoms with Gasteiger partial charge in [-0.2, -0.15) is 0 Å². The molecule has 0 aliphatic carbocycles. The van der Waals surface area contributed by atoms with Gasteiger partial charge >= 0.3 is 6.03 Å². The van der Waals surface area contributed by atoms with Crippen LogP contribution in [0.4, 0.5) is 4.79 Å². The first-order valence-corrected chi connectivity index (χ1v) is 9.51. The molecule has 0 aromatic heterocycles. The molecule has 2 aromatic rings. The van der Waals surface area contributed by atoms with Gasteiger partial charge in [-0.25, -0.2) is 4.79 Å². The molecule has 0 spiro atoms. The summed E-state index contributed by atoms with van der Waals surface area (Å²) in [5.41, 5.74) is 3.50. The lowest BCUT2D eigenvalue weighted by molar-refractivity contribution is 0.187. The molecule has 0 fully saturated rings. The highest BCUT2D eigenvalue weighted by molar-refractivity contribution is 5.74. The summed E-state index contributed by atoms with van der Waals surface area (Å²) in [6, 6.07) is 14.3. The molecule has 0 radical (unpaired) electrons. The fraction of sp³-hybridized carbons (Fsp3) is 0.409. The average Bonchev–Trinajstić information content (AvgIpc) is 2.72. The second-order valence-electron chi connectivity index (χ2n) is 7.22. The zero-order chi connectivity index (χ0) is 20.1. The van der Waals surface area contributed by atoms with E-state index in [1.165, 1.54) is 11.1 Å². The third-order valence-electron chi connectivity index (χ3n) is 5.26. The van der Waals surface area contributed by atoms with Crippen LogP contribution < -0.4 is 14.8 Å². The molecule has 1 N–H and O–H groups in total. The van der Waals surface area contributed by atoms with Gasteiger partial charge in [-0.15, -0.1) is 0 Å². The number of nitrogens with one attached hydrogen (secondary N) is 1. The van der Waals surface area contributed by atoms with Crippen molar-refractivity contribution in [2.45, 2.75) is 19.0 Å². The van der Waals surface area contributed by atoms with E-state index in [-0.39, 0.29) is 12.1 Å². The highest BCUT2D eigenvalue weighted by Gasteiger charge is 2.24. The van der Waals surface area contributed by atoms with Gasteiger partial charge in [-0.05, 0) is 49.3 Å². The number of rotatable bonds is 6. The van der Waals surface area contributed by atoms with E-state index in [1.807, 2.05) is 49.3 Å². The monoisotopic (exact) mass is 383 g/mol. The van der Waals surface area contributed by atoms with Gasteiger partial charge in [0.15, 0.2) is 11.5 Å². The number of methoxy groups -OCH3 is 2. The van der Waals surface area contributed by atoms with Gasteiger partial charge in [0.25, 0.3) is 0 Å². The second kappa shape index (κ2) is 8.97. The molecular formula is C22H29N3O3. The normalized spacial score (nSPS) is 14.4. The molecule has 1 heterocycles. The van der Waals surface area contributed by atoms with Crippen LogP contribution in [-0.2, 0) is 13.0 Å². The molecule has 0 unspecified atom stereocenters. The Morgan fingerprint density at radius 2 is 1.75 bits per heavy atom. The van der Waals surface area contributed by atoms with Crippen LogP contribution in [0.5, 0.6) is 11.5 Å². The minimum Gasteiger partial charge on any atom is -0.493 e. The van der Waals surface area contributed by atoms with E-state index in [0.29, 0.717) is 25.4 Å². The molecule has 3 rings (SSSR count). The van der Waals surface area contributed by atoms with E-state index >= 15 is 0 Å². The fourth-order valence-electron chi connectivity index (χ4n) is 3.63. The van der Waals surface area contributed by atoms with Gasteiger partial charge in [0.1, 0.15) is 0 Å². The minimum atomic E-state index is -0.0387. The third-order valence-corrected chi connectivity index (χ3v) is 5.26. The van der Waals surface area contributed by atoms with Gasteiger partial charge in [0.2, 0.25) is 0 Å². The number of hydrogen-bond donors (Lipinski definition) is 1. The SMILES string of the molecule is COc1cc2c(cc1OC)CN(C(=O)NC[C@@H](c1ccccc1)N(C)C)CC2. The lowest BCUT2D eigenvalue weighted by Crippen LogP contribution is -2.45. The maximum atomic E-state index is 12.8. The smallest absolute Gasteiger partial charge is 0.317 e. The van der Waals surface area contributed by atoms with Gasteiger partial charge in [-0.1, -0.05) is 30.3 Å². The summed E-state index contributed by atoms with van der Waals surface area (Å²) in [6.45, 7) is 1.82. The summed E-state index contributed by atoms with van der Waals surface area (Å²) in [5, 5.41) is 3.10. The molecule has 0 bridgehead atoms. The Bertz CT molecular complexity index is 808. The number of carbonyl (C=O) groups excluding carboxylic acids is 1. The lowest BCUT2D eigenvalue weighted by atomic mass is 9.99. The first kappa shape index (κ1) is 20.0. The molecule has 28 heavy (non-hydrogen) atoms. The van der Waals surface area contributed by atoms with Crippen molar-refractivity contribution in [3.63, 3.8) is 0 Å². The van der Waals surface area contributed by atoms with Gasteiger partial charge in [0, 0.05) is 19.6 Å². The maximum Gasteiger partial charge on any atom is 0.317 e. The van der Waals surface area contributed by atoms with Crippen molar-refractivity contribution in [2.24, 2.45) is 0 Å². The van der Waals surface area contributed by atoms with Gasteiger partial charge < -0.3 is 24.6 Å². The minimum absolute atomic E-state index is 0.0387. The van der Waals surface area contributed by atoms with Crippen molar-refractivity contribution >= 4 is 6.03 Å². The van der Waals surface area contributed by atoms with Crippen LogP contribution in [0.3, 0.4) is 0 Å². The zero-order valence-corrected chi connectivity index (χ0v) is 17.1. The predicted octanol–water partition coefficient (Wildman–Crippen LogP) is 3.07. The largest absolute Gasteiger partial charge is 0.493 e. The summed E-state index contributed by atoms with van der Waals surface area (Å²) in [7, 11) is 7.32. The Balaban J connectivity index is 1.66. The highest BCUT2D eigenvalue weighted by Crippen LogP contribution is 2.33. The van der Waals surface area contributed by atoms with Crippen LogP contribution in [0.2, 0.25) is 0 Å². The number of hydrogen-bond acceptors (Lipinski definition) is 4. The van der Waals surface area contributed by atoms with Gasteiger partial charge in [0.05, 0.1) is 20.3 Å². The van der Waals surface area contributed by atoms with E-state index < -0.39 is 0 Å². The molecule has 1 atom stereocenters. The van der Waals surface area contributed by atoms with Gasteiger partial charge in [-0.3, -0.25) is 0 Å². The van der Waals surface area contributed by atoms with Crippen molar-refractivity contribution in [3.8, 4) is 11.5 Å². The summed E-state index contributed by atoms with van der Waals surface area (Å²) in [6.07, 6.45) is 0.804. The first-order chi connectivity index (χ1) is 13.5. The number of nitrogens with zero attached hydrogens (tertiary/aromatic N) is 2. The van der Waals surface area contributed by atoms with E-state index in [0.717, 1.165) is 17.7 Å². The summed E-state index contributed by atoms with van der Waals surface area (Å²) in [4.78, 5) is 16.8. The van der Waals surface area contributed by atoms with Crippen LogP contribution in [0.15, 0.2) is 42.5 Å². The quantitative estimate of drug-likeness (QED) is 0.833. The van der Waals surface area contributed by atoms with E-state index in [4.69, 9.17) is 9.47 Å². The van der Waals surface area contributed by atoms with Crippen LogP contribution in [0.25, 0.3) is 0 Å². The van der Waals surface area contributed by atoms with Crippen LogP contribution in [-0.4, -0.2) is 57.2 Å². The third kappa shape index (κ3) is 4.39. The van der Waals surface area contributed by atoms with Crippen molar-refractivity contribution < 1.29 is 14.3 Å². The fourth-order valence-corrected chi connectivity index (χ4v) is 3.63. The Morgan fingerprint density at radius 3 is 2.36 bits per heavy atom. The number of urea groups is 1. The molecule has 150 valence electrons. The molecule has 0 saturated heterocycles. The molecule has 6 heteroatoms. The lowest BCUT2D eigenvalue weighted by Gasteiger charge is -2.31. The van der Waals surface area contributed by atoms with Crippen LogP contribution in [0.1, 0.15) is 22.7 Å². The van der Waals surface area contributed by atoms with Crippen LogP contribution in [0, 0.1) is 0 Å². The molecule has 1 aliphatic heterocycles.